The van der Waals surface area contributed by atoms with Crippen molar-refractivity contribution < 1.29 is 14.7 Å². The second-order valence-corrected chi connectivity index (χ2v) is 4.70. The van der Waals surface area contributed by atoms with Crippen LogP contribution in [0.3, 0.4) is 0 Å². The lowest BCUT2D eigenvalue weighted by molar-refractivity contribution is 0.0696. The zero-order valence-electron chi connectivity index (χ0n) is 10.9. The van der Waals surface area contributed by atoms with Crippen molar-refractivity contribution in [2.45, 2.75) is 6.54 Å². The molecular formula is C16H10N2O3. The number of nitrogens with zero attached hydrogens (tertiary/aromatic N) is 2. The Hall–Kier alpha value is -3.13. The lowest BCUT2D eigenvalue weighted by Gasteiger charge is -2.16. The van der Waals surface area contributed by atoms with Gasteiger partial charge in [-0.05, 0) is 23.8 Å². The number of hydrogen-bond acceptors (Lipinski definition) is 2. The van der Waals surface area contributed by atoms with Crippen molar-refractivity contribution >= 4 is 23.3 Å². The zero-order chi connectivity index (χ0) is 15.0. The summed E-state index contributed by atoms with van der Waals surface area (Å²) in [4.78, 5) is 28.3. The summed E-state index contributed by atoms with van der Waals surface area (Å²) < 4.78 is 0. The summed E-state index contributed by atoms with van der Waals surface area (Å²) in [7, 11) is 0. The molecular weight excluding hydrogens is 268 g/mol. The number of carbonyl (C=O) groups excluding carboxylic acids is 1. The number of anilines is 1. The van der Waals surface area contributed by atoms with E-state index >= 15 is 0 Å². The third kappa shape index (κ3) is 2.13. The minimum Gasteiger partial charge on any atom is -0.478 e. The summed E-state index contributed by atoms with van der Waals surface area (Å²) in [5.74, 6) is -1.21. The number of carboxylic acids is 1. The Bertz CT molecular complexity index is 805. The third-order valence-electron chi connectivity index (χ3n) is 3.43. The van der Waals surface area contributed by atoms with Crippen molar-refractivity contribution in [3.63, 3.8) is 0 Å². The number of benzene rings is 2. The standard InChI is InChI=1S/C16H10N2O3/c1-17-12-5-6-14-11(7-12)9-18(15(14)19)13-4-2-3-10(8-13)16(20)21/h2-8H,9H2,(H,20,21). The normalized spacial score (nSPS) is 12.9. The molecule has 1 aliphatic rings. The van der Waals surface area contributed by atoms with E-state index in [-0.39, 0.29) is 11.5 Å². The van der Waals surface area contributed by atoms with E-state index in [1.54, 1.807) is 30.3 Å². The van der Waals surface area contributed by atoms with E-state index in [2.05, 4.69) is 4.85 Å². The molecule has 2 aromatic carbocycles. The van der Waals surface area contributed by atoms with Crippen molar-refractivity contribution in [1.82, 2.24) is 0 Å². The lowest BCUT2D eigenvalue weighted by atomic mass is 10.1. The second-order valence-electron chi connectivity index (χ2n) is 4.70. The molecule has 0 spiro atoms. The highest BCUT2D eigenvalue weighted by atomic mass is 16.4. The van der Waals surface area contributed by atoms with Crippen LogP contribution < -0.4 is 4.90 Å². The van der Waals surface area contributed by atoms with Crippen LogP contribution in [0.2, 0.25) is 0 Å². The number of carbonyl (C=O) groups is 2. The van der Waals surface area contributed by atoms with E-state index in [0.717, 1.165) is 5.56 Å². The van der Waals surface area contributed by atoms with E-state index in [4.69, 9.17) is 11.7 Å². The molecule has 5 nitrogen and oxygen atoms in total. The van der Waals surface area contributed by atoms with Gasteiger partial charge in [-0.15, -0.1) is 0 Å². The first-order valence-electron chi connectivity index (χ1n) is 6.26. The van der Waals surface area contributed by atoms with Gasteiger partial charge in [0.15, 0.2) is 5.69 Å². The van der Waals surface area contributed by atoms with Gasteiger partial charge in [0.25, 0.3) is 5.91 Å². The molecule has 1 amide bonds. The van der Waals surface area contributed by atoms with E-state index in [1.165, 1.54) is 17.0 Å². The van der Waals surface area contributed by atoms with Gasteiger partial charge in [-0.3, -0.25) is 4.79 Å². The van der Waals surface area contributed by atoms with Gasteiger partial charge in [0, 0.05) is 11.3 Å². The van der Waals surface area contributed by atoms with Crippen LogP contribution in [-0.2, 0) is 6.54 Å². The van der Waals surface area contributed by atoms with Gasteiger partial charge in [-0.1, -0.05) is 24.3 Å². The van der Waals surface area contributed by atoms with Crippen LogP contribution in [0, 0.1) is 6.57 Å². The Morgan fingerprint density at radius 1 is 1.24 bits per heavy atom. The summed E-state index contributed by atoms with van der Waals surface area (Å²) in [5, 5.41) is 9.02. The van der Waals surface area contributed by atoms with Crippen LogP contribution >= 0.6 is 0 Å². The molecule has 3 rings (SSSR count). The first kappa shape index (κ1) is 12.9. The fourth-order valence-corrected chi connectivity index (χ4v) is 2.39. The quantitative estimate of drug-likeness (QED) is 0.859. The first-order chi connectivity index (χ1) is 10.1. The van der Waals surface area contributed by atoms with Crippen molar-refractivity contribution in [1.29, 1.82) is 0 Å². The van der Waals surface area contributed by atoms with E-state index in [1.807, 2.05) is 0 Å². The highest BCUT2D eigenvalue weighted by Crippen LogP contribution is 2.31. The van der Waals surface area contributed by atoms with Crippen molar-refractivity contribution in [3.8, 4) is 0 Å². The average molecular weight is 278 g/mol. The Morgan fingerprint density at radius 3 is 2.76 bits per heavy atom. The van der Waals surface area contributed by atoms with Crippen LogP contribution in [0.25, 0.3) is 4.85 Å². The fraction of sp³-hybridized carbons (Fsp3) is 0.0625. The third-order valence-corrected chi connectivity index (χ3v) is 3.43. The van der Waals surface area contributed by atoms with Gasteiger partial charge in [0.2, 0.25) is 0 Å². The Balaban J connectivity index is 2.00. The Kier molecular flexibility index (Phi) is 2.92. The summed E-state index contributed by atoms with van der Waals surface area (Å²) >= 11 is 0. The minimum absolute atomic E-state index is 0.137. The molecule has 102 valence electrons. The Labute approximate surface area is 120 Å². The predicted octanol–water partition coefficient (Wildman–Crippen LogP) is 3.10. The van der Waals surface area contributed by atoms with Crippen LogP contribution in [0.15, 0.2) is 42.5 Å². The molecule has 2 aromatic rings. The van der Waals surface area contributed by atoms with Crippen LogP contribution in [0.5, 0.6) is 0 Å². The van der Waals surface area contributed by atoms with E-state index in [9.17, 15) is 9.59 Å². The Morgan fingerprint density at radius 2 is 2.05 bits per heavy atom. The first-order valence-corrected chi connectivity index (χ1v) is 6.26. The molecule has 21 heavy (non-hydrogen) atoms. The van der Waals surface area contributed by atoms with Crippen molar-refractivity contribution in [3.05, 3.63) is 70.6 Å². The van der Waals surface area contributed by atoms with Gasteiger partial charge in [-0.25, -0.2) is 9.64 Å². The summed E-state index contributed by atoms with van der Waals surface area (Å²) in [6, 6.07) is 11.2. The minimum atomic E-state index is -1.03. The molecule has 0 atom stereocenters. The van der Waals surface area contributed by atoms with Crippen LogP contribution in [0.1, 0.15) is 26.3 Å². The lowest BCUT2D eigenvalue weighted by Crippen LogP contribution is -2.23. The predicted molar refractivity (Wildman–Crippen MR) is 76.6 cm³/mol. The van der Waals surface area contributed by atoms with E-state index in [0.29, 0.717) is 23.5 Å². The molecule has 0 saturated heterocycles. The molecule has 1 heterocycles. The van der Waals surface area contributed by atoms with Gasteiger partial charge in [0.1, 0.15) is 0 Å². The molecule has 0 radical (unpaired) electrons. The highest BCUT2D eigenvalue weighted by molar-refractivity contribution is 6.10. The number of aromatic carboxylic acids is 1. The molecule has 0 unspecified atom stereocenters. The molecule has 0 aromatic heterocycles. The van der Waals surface area contributed by atoms with Gasteiger partial charge in [0.05, 0.1) is 18.7 Å². The van der Waals surface area contributed by atoms with Crippen LogP contribution in [-0.4, -0.2) is 17.0 Å². The average Bonchev–Trinajstić information content (AvgIpc) is 2.84. The van der Waals surface area contributed by atoms with Crippen molar-refractivity contribution in [2.75, 3.05) is 4.90 Å². The fourth-order valence-electron chi connectivity index (χ4n) is 2.39. The molecule has 0 fully saturated rings. The summed E-state index contributed by atoms with van der Waals surface area (Å²) in [5.41, 5.74) is 2.51. The SMILES string of the molecule is [C-]#[N+]c1ccc2c(c1)CN(c1cccc(C(=O)O)c1)C2=O. The van der Waals surface area contributed by atoms with Gasteiger partial charge < -0.3 is 10.0 Å². The molecule has 0 aliphatic carbocycles. The molecule has 0 bridgehead atoms. The molecule has 0 saturated carbocycles. The largest absolute Gasteiger partial charge is 0.478 e. The second kappa shape index (κ2) is 4.76. The van der Waals surface area contributed by atoms with Crippen molar-refractivity contribution in [2.24, 2.45) is 0 Å². The highest BCUT2D eigenvalue weighted by Gasteiger charge is 2.28. The van der Waals surface area contributed by atoms with Crippen LogP contribution in [0.4, 0.5) is 11.4 Å². The van der Waals surface area contributed by atoms with Gasteiger partial charge >= 0.3 is 5.97 Å². The maximum Gasteiger partial charge on any atom is 0.335 e. The number of hydrogen-bond donors (Lipinski definition) is 1. The number of fused-ring (bicyclic) bond motifs is 1. The summed E-state index contributed by atoms with van der Waals surface area (Å²) in [6.45, 7) is 7.36. The smallest absolute Gasteiger partial charge is 0.335 e. The number of rotatable bonds is 2. The molecule has 1 N–H and O–H groups in total. The number of amides is 1. The molecule has 5 heteroatoms. The molecule has 1 aliphatic heterocycles. The maximum atomic E-state index is 12.4. The zero-order valence-corrected chi connectivity index (χ0v) is 10.9. The maximum absolute atomic E-state index is 12.4. The van der Waals surface area contributed by atoms with Gasteiger partial charge in [-0.2, -0.15) is 0 Å². The number of carboxylic acid groups (broad SMARTS) is 1. The summed E-state index contributed by atoms with van der Waals surface area (Å²) in [6.07, 6.45) is 0. The van der Waals surface area contributed by atoms with E-state index < -0.39 is 5.97 Å². The monoisotopic (exact) mass is 278 g/mol. The topological polar surface area (TPSA) is 62.0 Å².